The van der Waals surface area contributed by atoms with Gasteiger partial charge in [-0.3, -0.25) is 0 Å². The smallest absolute Gasteiger partial charge is 0.156 e. The lowest BCUT2D eigenvalue weighted by Crippen LogP contribution is -2.43. The van der Waals surface area contributed by atoms with E-state index in [9.17, 15) is 13.5 Å². The summed E-state index contributed by atoms with van der Waals surface area (Å²) >= 11 is 0. The van der Waals surface area contributed by atoms with Crippen molar-refractivity contribution >= 4 is 9.84 Å². The molecule has 1 aliphatic carbocycles. The van der Waals surface area contributed by atoms with E-state index in [1.165, 1.54) is 22.3 Å². The standard InChI is InChI=1S/C22H24O3S/c1-21(2)19-6-4-3-5-17(19)18-10-7-14(11-20(18)21)22(23)12-15-8-9-16(13-22)26(15,24)25/h3-7,10-11,15-16,23H,8-9,12-13H2,1-2H3. The third kappa shape index (κ3) is 2.00. The molecule has 4 heteroatoms. The van der Waals surface area contributed by atoms with Gasteiger partial charge in [-0.15, -0.1) is 0 Å². The van der Waals surface area contributed by atoms with Crippen LogP contribution in [0.2, 0.25) is 0 Å². The van der Waals surface area contributed by atoms with Crippen molar-refractivity contribution in [1.29, 1.82) is 0 Å². The molecule has 2 unspecified atom stereocenters. The van der Waals surface area contributed by atoms with Crippen LogP contribution < -0.4 is 0 Å². The van der Waals surface area contributed by atoms with E-state index in [1.54, 1.807) is 0 Å². The molecule has 0 saturated carbocycles. The van der Waals surface area contributed by atoms with E-state index in [0.29, 0.717) is 25.7 Å². The number of hydrogen-bond acceptors (Lipinski definition) is 3. The molecule has 3 nitrogen and oxygen atoms in total. The highest BCUT2D eigenvalue weighted by molar-refractivity contribution is 7.93. The SMILES string of the molecule is CC1(C)c2ccccc2-c2ccc(C3(O)CC4CCC(C3)S4(=O)=O)cc21. The van der Waals surface area contributed by atoms with Crippen molar-refractivity contribution in [2.75, 3.05) is 0 Å². The summed E-state index contributed by atoms with van der Waals surface area (Å²) < 4.78 is 24.8. The Morgan fingerprint density at radius 2 is 1.54 bits per heavy atom. The van der Waals surface area contributed by atoms with Crippen molar-refractivity contribution in [2.45, 2.75) is 61.0 Å². The van der Waals surface area contributed by atoms with Gasteiger partial charge in [0.1, 0.15) is 0 Å². The number of fused-ring (bicyclic) bond motifs is 5. The molecular weight excluding hydrogens is 344 g/mol. The van der Waals surface area contributed by atoms with Gasteiger partial charge in [0, 0.05) is 5.41 Å². The third-order valence-electron chi connectivity index (χ3n) is 6.99. The Labute approximate surface area is 155 Å². The normalized spacial score (nSPS) is 32.9. The van der Waals surface area contributed by atoms with Crippen LogP contribution in [-0.4, -0.2) is 24.0 Å². The van der Waals surface area contributed by atoms with E-state index < -0.39 is 15.4 Å². The fourth-order valence-corrected chi connectivity index (χ4v) is 7.96. The Hall–Kier alpha value is -1.65. The number of sulfone groups is 1. The average molecular weight is 368 g/mol. The van der Waals surface area contributed by atoms with E-state index in [4.69, 9.17) is 0 Å². The largest absolute Gasteiger partial charge is 0.385 e. The van der Waals surface area contributed by atoms with Crippen LogP contribution in [0.25, 0.3) is 11.1 Å². The highest BCUT2D eigenvalue weighted by Gasteiger charge is 2.53. The molecule has 26 heavy (non-hydrogen) atoms. The predicted molar refractivity (Wildman–Crippen MR) is 103 cm³/mol. The maximum absolute atomic E-state index is 12.4. The maximum Gasteiger partial charge on any atom is 0.156 e. The summed E-state index contributed by atoms with van der Waals surface area (Å²) in [5.41, 5.74) is 4.76. The zero-order valence-corrected chi connectivity index (χ0v) is 16.0. The van der Waals surface area contributed by atoms with Crippen LogP contribution >= 0.6 is 0 Å². The molecule has 2 atom stereocenters. The Morgan fingerprint density at radius 1 is 0.923 bits per heavy atom. The predicted octanol–water partition coefficient (Wildman–Crippen LogP) is 3.92. The first kappa shape index (κ1) is 16.5. The fraction of sp³-hybridized carbons (Fsp3) is 0.455. The van der Waals surface area contributed by atoms with Crippen molar-refractivity contribution in [2.24, 2.45) is 0 Å². The summed E-state index contributed by atoms with van der Waals surface area (Å²) in [4.78, 5) is 0. The molecule has 2 aromatic rings. The lowest BCUT2D eigenvalue weighted by molar-refractivity contribution is 0.0172. The highest BCUT2D eigenvalue weighted by atomic mass is 32.2. The Balaban J connectivity index is 1.61. The van der Waals surface area contributed by atoms with Gasteiger partial charge < -0.3 is 5.11 Å². The molecule has 2 bridgehead atoms. The summed E-state index contributed by atoms with van der Waals surface area (Å²) in [6, 6.07) is 14.7. The lowest BCUT2D eigenvalue weighted by Gasteiger charge is -2.37. The molecule has 2 heterocycles. The molecule has 0 radical (unpaired) electrons. The second kappa shape index (κ2) is 4.99. The van der Waals surface area contributed by atoms with Crippen LogP contribution in [0.3, 0.4) is 0 Å². The van der Waals surface area contributed by atoms with Crippen molar-refractivity contribution in [1.82, 2.24) is 0 Å². The zero-order valence-electron chi connectivity index (χ0n) is 15.2. The number of benzene rings is 2. The van der Waals surface area contributed by atoms with Crippen LogP contribution in [0, 0.1) is 0 Å². The van der Waals surface area contributed by atoms with Gasteiger partial charge in [0.25, 0.3) is 0 Å². The Bertz CT molecular complexity index is 999. The van der Waals surface area contributed by atoms with Crippen LogP contribution in [-0.2, 0) is 20.9 Å². The van der Waals surface area contributed by atoms with Crippen LogP contribution in [0.15, 0.2) is 42.5 Å². The number of hydrogen-bond donors (Lipinski definition) is 1. The zero-order chi connectivity index (χ0) is 18.3. The molecule has 2 aromatic carbocycles. The minimum atomic E-state index is -3.05. The first-order valence-electron chi connectivity index (χ1n) is 9.43. The van der Waals surface area contributed by atoms with Crippen LogP contribution in [0.1, 0.15) is 56.2 Å². The van der Waals surface area contributed by atoms with Crippen molar-refractivity contribution in [3.63, 3.8) is 0 Å². The van der Waals surface area contributed by atoms with Crippen molar-refractivity contribution in [3.8, 4) is 11.1 Å². The molecule has 2 aliphatic heterocycles. The van der Waals surface area contributed by atoms with Crippen molar-refractivity contribution in [3.05, 3.63) is 59.2 Å². The van der Waals surface area contributed by atoms with Crippen LogP contribution in [0.5, 0.6) is 0 Å². The average Bonchev–Trinajstić information content (AvgIpc) is 2.90. The molecule has 136 valence electrons. The minimum absolute atomic E-state index is 0.113. The first-order chi connectivity index (χ1) is 12.2. The summed E-state index contributed by atoms with van der Waals surface area (Å²) in [6.45, 7) is 4.45. The summed E-state index contributed by atoms with van der Waals surface area (Å²) in [5, 5.41) is 10.6. The van der Waals surface area contributed by atoms with Gasteiger partial charge in [-0.05, 0) is 53.5 Å². The molecule has 0 spiro atoms. The van der Waals surface area contributed by atoms with E-state index in [1.807, 2.05) is 6.07 Å². The highest BCUT2D eigenvalue weighted by Crippen LogP contribution is 2.52. The molecule has 0 amide bonds. The van der Waals surface area contributed by atoms with Gasteiger partial charge in [-0.25, -0.2) is 8.42 Å². The maximum atomic E-state index is 12.4. The molecule has 1 N–H and O–H groups in total. The lowest BCUT2D eigenvalue weighted by atomic mass is 9.79. The van der Waals surface area contributed by atoms with Gasteiger partial charge >= 0.3 is 0 Å². The van der Waals surface area contributed by atoms with Gasteiger partial charge in [-0.1, -0.05) is 56.3 Å². The Morgan fingerprint density at radius 3 is 2.23 bits per heavy atom. The van der Waals surface area contributed by atoms with Gasteiger partial charge in [0.15, 0.2) is 9.84 Å². The molecule has 3 aliphatic rings. The first-order valence-corrected chi connectivity index (χ1v) is 11.0. The topological polar surface area (TPSA) is 54.4 Å². The monoisotopic (exact) mass is 368 g/mol. The molecule has 2 fully saturated rings. The Kier molecular flexibility index (Phi) is 3.17. The van der Waals surface area contributed by atoms with Gasteiger partial charge in [0.05, 0.1) is 16.1 Å². The van der Waals surface area contributed by atoms with E-state index >= 15 is 0 Å². The van der Waals surface area contributed by atoms with E-state index in [2.05, 4.69) is 50.2 Å². The quantitative estimate of drug-likeness (QED) is 0.830. The molecule has 0 aromatic heterocycles. The number of aliphatic hydroxyl groups is 1. The second-order valence-electron chi connectivity index (χ2n) is 8.78. The molecule has 2 saturated heterocycles. The van der Waals surface area contributed by atoms with Gasteiger partial charge in [-0.2, -0.15) is 0 Å². The van der Waals surface area contributed by atoms with Gasteiger partial charge in [0.2, 0.25) is 0 Å². The summed E-state index contributed by atoms with van der Waals surface area (Å²) in [7, 11) is -3.05. The molecule has 5 rings (SSSR count). The number of rotatable bonds is 1. The van der Waals surface area contributed by atoms with Crippen molar-refractivity contribution < 1.29 is 13.5 Å². The fourth-order valence-electron chi connectivity index (χ4n) is 5.47. The molecular formula is C22H24O3S. The van der Waals surface area contributed by atoms with E-state index in [0.717, 1.165) is 5.56 Å². The van der Waals surface area contributed by atoms with E-state index in [-0.39, 0.29) is 15.9 Å². The minimum Gasteiger partial charge on any atom is -0.385 e. The second-order valence-corrected chi connectivity index (χ2v) is 11.3. The summed E-state index contributed by atoms with van der Waals surface area (Å²) in [6.07, 6.45) is 2.05. The van der Waals surface area contributed by atoms with Crippen LogP contribution in [0.4, 0.5) is 0 Å². The summed E-state index contributed by atoms with van der Waals surface area (Å²) in [5.74, 6) is 0. The third-order valence-corrected chi connectivity index (χ3v) is 9.65.